The topological polar surface area (TPSA) is 68.3 Å². The molecular weight excluding hydrogens is 325 g/mol. The van der Waals surface area contributed by atoms with Gasteiger partial charge in [-0.25, -0.2) is 4.39 Å². The summed E-state index contributed by atoms with van der Waals surface area (Å²) in [4.78, 5) is 26.4. The van der Waals surface area contributed by atoms with Crippen molar-refractivity contribution in [3.63, 3.8) is 0 Å². The number of aryl methyl sites for hydroxylation is 1. The summed E-state index contributed by atoms with van der Waals surface area (Å²) >= 11 is 0. The molecule has 128 valence electrons. The quantitative estimate of drug-likeness (QED) is 0.510. The third-order valence-corrected chi connectivity index (χ3v) is 3.70. The minimum absolute atomic E-state index is 0.0140. The molecule has 0 saturated heterocycles. The van der Waals surface area contributed by atoms with Crippen molar-refractivity contribution >= 4 is 17.4 Å². The van der Waals surface area contributed by atoms with Crippen LogP contribution < -0.4 is 4.90 Å². The van der Waals surface area contributed by atoms with E-state index in [1.165, 1.54) is 36.9 Å². The molecule has 6 nitrogen and oxygen atoms in total. The Morgan fingerprint density at radius 1 is 1.24 bits per heavy atom. The van der Waals surface area contributed by atoms with Gasteiger partial charge in [-0.2, -0.15) is 5.10 Å². The number of benzene rings is 1. The molecule has 0 fully saturated rings. The molecule has 1 amide bonds. The lowest BCUT2D eigenvalue weighted by Gasteiger charge is -2.21. The third-order valence-electron chi connectivity index (χ3n) is 3.70. The van der Waals surface area contributed by atoms with Gasteiger partial charge in [-0.05, 0) is 31.2 Å². The van der Waals surface area contributed by atoms with E-state index in [1.54, 1.807) is 22.9 Å². The summed E-state index contributed by atoms with van der Waals surface area (Å²) in [7, 11) is 0. The van der Waals surface area contributed by atoms with Crippen molar-refractivity contribution in [2.75, 3.05) is 4.90 Å². The number of carbonyl (C=O) groups is 2. The molecule has 2 aromatic heterocycles. The van der Waals surface area contributed by atoms with Gasteiger partial charge in [0.05, 0.1) is 30.3 Å². The van der Waals surface area contributed by atoms with Gasteiger partial charge >= 0.3 is 0 Å². The van der Waals surface area contributed by atoms with Gasteiger partial charge in [0.15, 0.2) is 0 Å². The van der Waals surface area contributed by atoms with Gasteiger partial charge < -0.3 is 4.42 Å². The molecule has 0 bridgehead atoms. The third kappa shape index (κ3) is 3.50. The zero-order valence-corrected chi connectivity index (χ0v) is 13.6. The van der Waals surface area contributed by atoms with E-state index in [4.69, 9.17) is 4.42 Å². The van der Waals surface area contributed by atoms with Crippen LogP contribution >= 0.6 is 0 Å². The lowest BCUT2D eigenvalue weighted by Crippen LogP contribution is -2.36. The predicted octanol–water partition coefficient (Wildman–Crippen LogP) is 3.05. The number of nitrogens with zero attached hydrogens (tertiary/aromatic N) is 3. The molecule has 2 heterocycles. The van der Waals surface area contributed by atoms with Crippen LogP contribution in [0.25, 0.3) is 0 Å². The largest absolute Gasteiger partial charge is 0.467 e. The number of furan rings is 1. The molecule has 1 aromatic carbocycles. The van der Waals surface area contributed by atoms with Crippen LogP contribution in [0.3, 0.4) is 0 Å². The minimum Gasteiger partial charge on any atom is -0.467 e. The van der Waals surface area contributed by atoms with E-state index in [0.29, 0.717) is 12.3 Å². The summed E-state index contributed by atoms with van der Waals surface area (Å²) in [6.07, 6.45) is 4.27. The lowest BCUT2D eigenvalue weighted by molar-refractivity contribution is -0.114. The maximum atomic E-state index is 14.2. The number of aromatic nitrogens is 2. The fourth-order valence-corrected chi connectivity index (χ4v) is 2.40. The van der Waals surface area contributed by atoms with Gasteiger partial charge in [0.1, 0.15) is 11.6 Å². The zero-order chi connectivity index (χ0) is 17.8. The summed E-state index contributed by atoms with van der Waals surface area (Å²) in [5.74, 6) is -1.76. The molecule has 0 aliphatic rings. The summed E-state index contributed by atoms with van der Waals surface area (Å²) in [6.45, 7) is 2.39. The van der Waals surface area contributed by atoms with Crippen molar-refractivity contribution < 1.29 is 18.4 Å². The van der Waals surface area contributed by atoms with Crippen molar-refractivity contribution in [2.45, 2.75) is 20.0 Å². The second-order valence-electron chi connectivity index (χ2n) is 5.34. The number of Topliss-reactive ketones (excluding diaryl/α,β-unsaturated/α-hetero) is 1. The number of hydrogen-bond donors (Lipinski definition) is 0. The van der Waals surface area contributed by atoms with Crippen LogP contribution in [-0.2, 0) is 17.9 Å². The Morgan fingerprint density at radius 3 is 2.68 bits per heavy atom. The average Bonchev–Trinajstić information content (AvgIpc) is 3.30. The highest BCUT2D eigenvalue weighted by Gasteiger charge is 2.28. The number of rotatable bonds is 6. The van der Waals surface area contributed by atoms with Crippen molar-refractivity contribution in [1.29, 1.82) is 0 Å². The summed E-state index contributed by atoms with van der Waals surface area (Å²) in [5, 5.41) is 4.00. The molecule has 25 heavy (non-hydrogen) atoms. The Morgan fingerprint density at radius 2 is 2.04 bits per heavy atom. The van der Waals surface area contributed by atoms with E-state index < -0.39 is 17.5 Å². The molecule has 0 spiro atoms. The highest BCUT2D eigenvalue weighted by molar-refractivity contribution is 6.47. The van der Waals surface area contributed by atoms with Gasteiger partial charge in [-0.15, -0.1) is 0 Å². The second kappa shape index (κ2) is 7.12. The Bertz CT molecular complexity index is 887. The number of hydrogen-bond acceptors (Lipinski definition) is 4. The van der Waals surface area contributed by atoms with Crippen LogP contribution in [0.5, 0.6) is 0 Å². The SMILES string of the molecule is CCn1cc(C(=O)C(=O)N(Cc2ccco2)c2ccccc2F)cn1. The first kappa shape index (κ1) is 16.6. The summed E-state index contributed by atoms with van der Waals surface area (Å²) in [5.41, 5.74) is 0.174. The van der Waals surface area contributed by atoms with E-state index in [0.717, 1.165) is 4.90 Å². The molecule has 0 aliphatic carbocycles. The number of ketones is 1. The monoisotopic (exact) mass is 341 g/mol. The van der Waals surface area contributed by atoms with E-state index in [-0.39, 0.29) is 17.8 Å². The number of carbonyl (C=O) groups excluding carboxylic acids is 2. The van der Waals surface area contributed by atoms with Crippen LogP contribution in [-0.4, -0.2) is 21.5 Å². The van der Waals surface area contributed by atoms with Crippen molar-refractivity contribution in [2.24, 2.45) is 0 Å². The summed E-state index contributed by atoms with van der Waals surface area (Å²) < 4.78 is 21.0. The van der Waals surface area contributed by atoms with Crippen molar-refractivity contribution in [3.8, 4) is 0 Å². The molecule has 0 saturated carbocycles. The standard InChI is InChI=1S/C18H16FN3O3/c1-2-21-11-13(10-20-21)17(23)18(24)22(12-14-6-5-9-25-14)16-8-4-3-7-15(16)19/h3-11H,2,12H2,1H3. The van der Waals surface area contributed by atoms with E-state index in [1.807, 2.05) is 6.92 Å². The Hall–Kier alpha value is -3.22. The minimum atomic E-state index is -0.850. The van der Waals surface area contributed by atoms with Gasteiger partial charge in [-0.1, -0.05) is 12.1 Å². The molecule has 0 radical (unpaired) electrons. The van der Waals surface area contributed by atoms with Crippen molar-refractivity contribution in [1.82, 2.24) is 9.78 Å². The Kier molecular flexibility index (Phi) is 4.74. The van der Waals surface area contributed by atoms with Crippen LogP contribution in [0, 0.1) is 5.82 Å². The number of amides is 1. The van der Waals surface area contributed by atoms with Crippen LogP contribution in [0.2, 0.25) is 0 Å². The normalized spacial score (nSPS) is 10.6. The average molecular weight is 341 g/mol. The number of halogens is 1. The van der Waals surface area contributed by atoms with Crippen molar-refractivity contribution in [3.05, 3.63) is 72.2 Å². The molecule has 3 rings (SSSR count). The Balaban J connectivity index is 1.94. The lowest BCUT2D eigenvalue weighted by atomic mass is 10.1. The second-order valence-corrected chi connectivity index (χ2v) is 5.34. The maximum Gasteiger partial charge on any atom is 0.300 e. The van der Waals surface area contributed by atoms with E-state index >= 15 is 0 Å². The number of para-hydroxylation sites is 1. The summed E-state index contributed by atoms with van der Waals surface area (Å²) in [6, 6.07) is 9.10. The molecular formula is C18H16FN3O3. The fourth-order valence-electron chi connectivity index (χ4n) is 2.40. The first-order chi connectivity index (χ1) is 12.1. The maximum absolute atomic E-state index is 14.2. The highest BCUT2D eigenvalue weighted by atomic mass is 19.1. The number of anilines is 1. The first-order valence-electron chi connectivity index (χ1n) is 7.75. The molecule has 0 aliphatic heterocycles. The van der Waals surface area contributed by atoms with Crippen LogP contribution in [0.4, 0.5) is 10.1 Å². The van der Waals surface area contributed by atoms with Gasteiger partial charge in [-0.3, -0.25) is 19.2 Å². The predicted molar refractivity (Wildman–Crippen MR) is 88.5 cm³/mol. The van der Waals surface area contributed by atoms with Gasteiger partial charge in [0, 0.05) is 12.7 Å². The van der Waals surface area contributed by atoms with E-state index in [9.17, 15) is 14.0 Å². The zero-order valence-electron chi connectivity index (χ0n) is 13.6. The highest BCUT2D eigenvalue weighted by Crippen LogP contribution is 2.22. The smallest absolute Gasteiger partial charge is 0.300 e. The Labute approximate surface area is 143 Å². The van der Waals surface area contributed by atoms with Crippen LogP contribution in [0.15, 0.2) is 59.5 Å². The van der Waals surface area contributed by atoms with Crippen LogP contribution in [0.1, 0.15) is 23.0 Å². The first-order valence-corrected chi connectivity index (χ1v) is 7.75. The van der Waals surface area contributed by atoms with Gasteiger partial charge in [0.2, 0.25) is 0 Å². The molecule has 0 N–H and O–H groups in total. The molecule has 0 unspecified atom stereocenters. The molecule has 0 atom stereocenters. The van der Waals surface area contributed by atoms with Gasteiger partial charge in [0.25, 0.3) is 11.7 Å². The van der Waals surface area contributed by atoms with E-state index in [2.05, 4.69) is 5.10 Å². The molecule has 3 aromatic rings. The fraction of sp³-hybridized carbons (Fsp3) is 0.167. The molecule has 7 heteroatoms.